The van der Waals surface area contributed by atoms with Gasteiger partial charge < -0.3 is 9.80 Å². The third-order valence-corrected chi connectivity index (χ3v) is 6.73. The fraction of sp³-hybridized carbons (Fsp3) is 0.350. The molecular weight excluding hydrogens is 362 g/mol. The number of sulfonamides is 1. The summed E-state index contributed by atoms with van der Waals surface area (Å²) in [6.45, 7) is 4.01. The zero-order chi connectivity index (χ0) is 19.2. The normalized spacial score (nSPS) is 16.7. The van der Waals surface area contributed by atoms with Gasteiger partial charge >= 0.3 is 0 Å². The van der Waals surface area contributed by atoms with Crippen LogP contribution in [-0.4, -0.2) is 34.5 Å². The van der Waals surface area contributed by atoms with Crippen molar-refractivity contribution in [3.63, 3.8) is 0 Å². The molecule has 0 aliphatic carbocycles. The predicted molar refractivity (Wildman–Crippen MR) is 107 cm³/mol. The van der Waals surface area contributed by atoms with Crippen molar-refractivity contribution in [2.24, 2.45) is 0 Å². The van der Waals surface area contributed by atoms with Crippen LogP contribution >= 0.6 is 0 Å². The highest BCUT2D eigenvalue weighted by atomic mass is 32.2. The molecule has 2 heterocycles. The Morgan fingerprint density at radius 2 is 1.78 bits per heavy atom. The van der Waals surface area contributed by atoms with E-state index in [2.05, 4.69) is 9.62 Å². The van der Waals surface area contributed by atoms with Crippen molar-refractivity contribution in [2.45, 2.75) is 31.1 Å². The summed E-state index contributed by atoms with van der Waals surface area (Å²) in [6.07, 6.45) is 2.63. The van der Waals surface area contributed by atoms with Crippen LogP contribution in [0.4, 0.5) is 17.1 Å². The van der Waals surface area contributed by atoms with Crippen LogP contribution < -0.4 is 14.5 Å². The minimum atomic E-state index is -3.72. The van der Waals surface area contributed by atoms with E-state index >= 15 is 0 Å². The zero-order valence-corrected chi connectivity index (χ0v) is 16.3. The van der Waals surface area contributed by atoms with E-state index in [1.807, 2.05) is 25.1 Å². The molecule has 7 heteroatoms. The predicted octanol–water partition coefficient (Wildman–Crippen LogP) is 2.91. The number of carbonyl (C=O) groups excluding carboxylic acids is 1. The minimum absolute atomic E-state index is 0.0270. The third kappa shape index (κ3) is 3.27. The first-order chi connectivity index (χ1) is 12.8. The van der Waals surface area contributed by atoms with E-state index in [-0.39, 0.29) is 17.2 Å². The topological polar surface area (TPSA) is 69.7 Å². The van der Waals surface area contributed by atoms with E-state index in [0.29, 0.717) is 5.69 Å². The number of carbonyl (C=O) groups is 1. The molecule has 1 saturated heterocycles. The Morgan fingerprint density at radius 1 is 1.04 bits per heavy atom. The van der Waals surface area contributed by atoms with Crippen molar-refractivity contribution in [3.05, 3.63) is 47.5 Å². The Balaban J connectivity index is 1.59. The average Bonchev–Trinajstić information content (AvgIpc) is 3.25. The summed E-state index contributed by atoms with van der Waals surface area (Å²) in [7, 11) is -2.02. The van der Waals surface area contributed by atoms with Gasteiger partial charge in [0, 0.05) is 31.5 Å². The standard InChI is InChI=1S/C20H23N3O3S/c1-14-11-16(23-9-3-4-10-23)5-7-18(14)21-27(25,26)17-6-8-19-15(12-17)13-20(24)22(19)2/h5-8,11-12,21H,3-4,9-10,13H2,1-2H3. The lowest BCUT2D eigenvalue weighted by Crippen LogP contribution is -2.20. The van der Waals surface area contributed by atoms with Gasteiger partial charge in [0.1, 0.15) is 0 Å². The Morgan fingerprint density at radius 3 is 2.48 bits per heavy atom. The fourth-order valence-corrected chi connectivity index (χ4v) is 4.93. The maximum absolute atomic E-state index is 12.8. The highest BCUT2D eigenvalue weighted by Crippen LogP contribution is 2.31. The van der Waals surface area contributed by atoms with Crippen LogP contribution in [0.15, 0.2) is 41.3 Å². The van der Waals surface area contributed by atoms with E-state index in [0.717, 1.165) is 35.6 Å². The van der Waals surface area contributed by atoms with Crippen molar-refractivity contribution < 1.29 is 13.2 Å². The van der Waals surface area contributed by atoms with Crippen LogP contribution in [0.3, 0.4) is 0 Å². The van der Waals surface area contributed by atoms with Gasteiger partial charge in [-0.15, -0.1) is 0 Å². The Kier molecular flexibility index (Phi) is 4.34. The SMILES string of the molecule is Cc1cc(N2CCCC2)ccc1NS(=O)(=O)c1ccc2c(c1)CC(=O)N2C. The molecule has 1 fully saturated rings. The quantitative estimate of drug-likeness (QED) is 0.879. The van der Waals surface area contributed by atoms with Gasteiger partial charge in [-0.1, -0.05) is 0 Å². The van der Waals surface area contributed by atoms with Crippen molar-refractivity contribution in [2.75, 3.05) is 34.7 Å². The lowest BCUT2D eigenvalue weighted by Gasteiger charge is -2.19. The summed E-state index contributed by atoms with van der Waals surface area (Å²) in [5.41, 5.74) is 4.11. The molecule has 6 nitrogen and oxygen atoms in total. The molecular formula is C20H23N3O3S. The second-order valence-corrected chi connectivity index (χ2v) is 8.90. The third-order valence-electron chi connectivity index (χ3n) is 5.36. The van der Waals surface area contributed by atoms with Gasteiger partial charge in [-0.3, -0.25) is 9.52 Å². The zero-order valence-electron chi connectivity index (χ0n) is 15.5. The van der Waals surface area contributed by atoms with Crippen LogP contribution in [-0.2, 0) is 21.2 Å². The highest BCUT2D eigenvalue weighted by molar-refractivity contribution is 7.92. The van der Waals surface area contributed by atoms with Crippen LogP contribution in [0.2, 0.25) is 0 Å². The number of fused-ring (bicyclic) bond motifs is 1. The molecule has 1 N–H and O–H groups in total. The van der Waals surface area contributed by atoms with E-state index in [1.165, 1.54) is 12.8 Å². The molecule has 0 aromatic heterocycles. The van der Waals surface area contributed by atoms with Gasteiger partial charge in [-0.2, -0.15) is 0 Å². The fourth-order valence-electron chi connectivity index (χ4n) is 3.75. The molecule has 2 aromatic carbocycles. The van der Waals surface area contributed by atoms with Crippen molar-refractivity contribution >= 4 is 33.0 Å². The molecule has 27 heavy (non-hydrogen) atoms. The number of rotatable bonds is 4. The number of hydrogen-bond acceptors (Lipinski definition) is 4. The maximum Gasteiger partial charge on any atom is 0.261 e. The Hall–Kier alpha value is -2.54. The number of anilines is 3. The maximum atomic E-state index is 12.8. The summed E-state index contributed by atoms with van der Waals surface area (Å²) in [4.78, 5) is 15.9. The van der Waals surface area contributed by atoms with Gasteiger partial charge in [-0.25, -0.2) is 8.42 Å². The molecule has 4 rings (SSSR count). The van der Waals surface area contributed by atoms with E-state index in [1.54, 1.807) is 30.1 Å². The molecule has 2 aliphatic rings. The molecule has 0 spiro atoms. The number of aryl methyl sites for hydroxylation is 1. The van der Waals surface area contributed by atoms with E-state index in [4.69, 9.17) is 0 Å². The Labute approximate surface area is 159 Å². The molecule has 1 amide bonds. The molecule has 2 aromatic rings. The monoisotopic (exact) mass is 385 g/mol. The minimum Gasteiger partial charge on any atom is -0.372 e. The first-order valence-electron chi connectivity index (χ1n) is 9.13. The van der Waals surface area contributed by atoms with Crippen LogP contribution in [0.25, 0.3) is 0 Å². The van der Waals surface area contributed by atoms with Crippen LogP contribution in [0.1, 0.15) is 24.0 Å². The van der Waals surface area contributed by atoms with Crippen LogP contribution in [0.5, 0.6) is 0 Å². The molecule has 0 unspecified atom stereocenters. The summed E-state index contributed by atoms with van der Waals surface area (Å²) in [5.74, 6) is -0.0270. The summed E-state index contributed by atoms with van der Waals surface area (Å²) in [6, 6.07) is 10.6. The lowest BCUT2D eigenvalue weighted by atomic mass is 10.2. The van der Waals surface area contributed by atoms with Gasteiger partial charge in [0.25, 0.3) is 10.0 Å². The number of amides is 1. The molecule has 142 valence electrons. The number of benzene rings is 2. The number of likely N-dealkylation sites (N-methyl/N-ethyl adjacent to an activating group) is 1. The average molecular weight is 385 g/mol. The van der Waals surface area contributed by atoms with E-state index in [9.17, 15) is 13.2 Å². The second-order valence-electron chi connectivity index (χ2n) is 7.22. The smallest absolute Gasteiger partial charge is 0.261 e. The van der Waals surface area contributed by atoms with Crippen molar-refractivity contribution in [1.29, 1.82) is 0 Å². The summed E-state index contributed by atoms with van der Waals surface area (Å²) in [5, 5.41) is 0. The summed E-state index contributed by atoms with van der Waals surface area (Å²) >= 11 is 0. The molecule has 0 radical (unpaired) electrons. The van der Waals surface area contributed by atoms with Gasteiger partial charge in [-0.05, 0) is 67.3 Å². The molecule has 0 atom stereocenters. The first-order valence-corrected chi connectivity index (χ1v) is 10.6. The number of nitrogens with one attached hydrogen (secondary N) is 1. The molecule has 0 bridgehead atoms. The molecule has 0 saturated carbocycles. The first kappa shape index (κ1) is 17.9. The van der Waals surface area contributed by atoms with E-state index < -0.39 is 10.0 Å². The van der Waals surface area contributed by atoms with Crippen molar-refractivity contribution in [1.82, 2.24) is 0 Å². The lowest BCUT2D eigenvalue weighted by molar-refractivity contribution is -0.117. The second kappa shape index (κ2) is 6.56. The molecule has 2 aliphatic heterocycles. The summed E-state index contributed by atoms with van der Waals surface area (Å²) < 4.78 is 28.4. The van der Waals surface area contributed by atoms with Crippen molar-refractivity contribution in [3.8, 4) is 0 Å². The van der Waals surface area contributed by atoms with Gasteiger partial charge in [0.15, 0.2) is 0 Å². The number of hydrogen-bond donors (Lipinski definition) is 1. The Bertz CT molecular complexity index is 1010. The van der Waals surface area contributed by atoms with Gasteiger partial charge in [0.05, 0.1) is 17.0 Å². The highest BCUT2D eigenvalue weighted by Gasteiger charge is 2.26. The van der Waals surface area contributed by atoms with Crippen LogP contribution in [0, 0.1) is 6.92 Å². The number of nitrogens with zero attached hydrogens (tertiary/aromatic N) is 2. The van der Waals surface area contributed by atoms with Gasteiger partial charge in [0.2, 0.25) is 5.91 Å². The largest absolute Gasteiger partial charge is 0.372 e.